The Labute approximate surface area is 89.6 Å². The number of hydrogen-bond donors (Lipinski definition) is 1. The Balaban J connectivity index is 2.13. The van der Waals surface area contributed by atoms with Gasteiger partial charge in [-0.2, -0.15) is 0 Å². The van der Waals surface area contributed by atoms with E-state index in [1.165, 1.54) is 12.8 Å². The molecule has 0 saturated heterocycles. The summed E-state index contributed by atoms with van der Waals surface area (Å²) in [5.41, 5.74) is 0. The molecule has 1 saturated carbocycles. The molecule has 4 nitrogen and oxygen atoms in total. The maximum absolute atomic E-state index is 11.1. The summed E-state index contributed by atoms with van der Waals surface area (Å²) >= 11 is 0. The molecule has 1 rings (SSSR count). The number of carboxylic acids is 1. The number of ether oxygens (including phenoxy) is 1. The molecule has 0 aromatic rings. The van der Waals surface area contributed by atoms with Crippen LogP contribution in [0.4, 0.5) is 0 Å². The van der Waals surface area contributed by atoms with Crippen molar-refractivity contribution in [3.05, 3.63) is 0 Å². The molecule has 0 heterocycles. The zero-order valence-corrected chi connectivity index (χ0v) is 9.07. The topological polar surface area (TPSA) is 63.6 Å². The number of carbonyl (C=O) groups is 2. The van der Waals surface area contributed by atoms with E-state index in [0.717, 1.165) is 6.42 Å². The highest BCUT2D eigenvalue weighted by molar-refractivity contribution is 5.76. The minimum absolute atomic E-state index is 0.0174. The number of hydrogen-bond acceptors (Lipinski definition) is 3. The highest BCUT2D eigenvalue weighted by Gasteiger charge is 2.24. The van der Waals surface area contributed by atoms with E-state index in [9.17, 15) is 9.59 Å². The summed E-state index contributed by atoms with van der Waals surface area (Å²) in [4.78, 5) is 21.3. The van der Waals surface area contributed by atoms with E-state index in [0.29, 0.717) is 18.4 Å². The van der Waals surface area contributed by atoms with Gasteiger partial charge in [0.2, 0.25) is 0 Å². The van der Waals surface area contributed by atoms with Gasteiger partial charge in [-0.1, -0.05) is 19.8 Å². The van der Waals surface area contributed by atoms with E-state index in [2.05, 4.69) is 6.92 Å². The van der Waals surface area contributed by atoms with Crippen molar-refractivity contribution in [2.24, 2.45) is 11.8 Å². The fraction of sp³-hybridized carbons (Fsp3) is 0.818. The third kappa shape index (κ3) is 4.32. The third-order valence-corrected chi connectivity index (χ3v) is 3.04. The van der Waals surface area contributed by atoms with Gasteiger partial charge in [0.1, 0.15) is 0 Å². The minimum atomic E-state index is -0.957. The minimum Gasteiger partial charge on any atom is -0.481 e. The van der Waals surface area contributed by atoms with Gasteiger partial charge in [-0.3, -0.25) is 9.59 Å². The van der Waals surface area contributed by atoms with E-state index in [1.54, 1.807) is 0 Å². The highest BCUT2D eigenvalue weighted by Crippen LogP contribution is 2.31. The van der Waals surface area contributed by atoms with Gasteiger partial charge in [0.15, 0.2) is 0 Å². The summed E-state index contributed by atoms with van der Waals surface area (Å²) in [6.07, 6.45) is 3.37. The van der Waals surface area contributed by atoms with Crippen molar-refractivity contribution >= 4 is 11.9 Å². The van der Waals surface area contributed by atoms with E-state index < -0.39 is 11.9 Å². The van der Waals surface area contributed by atoms with Gasteiger partial charge >= 0.3 is 11.9 Å². The standard InChI is InChI=1S/C11H18O4/c1-8-3-2-4-9(8)7-15-11(14)6-5-10(12)13/h8-9H,2-7H2,1H3,(H,12,13)/t8-,9?/m0/s1. The number of rotatable bonds is 5. The van der Waals surface area contributed by atoms with E-state index in [1.807, 2.05) is 0 Å². The van der Waals surface area contributed by atoms with Crippen LogP contribution in [0.25, 0.3) is 0 Å². The van der Waals surface area contributed by atoms with Crippen LogP contribution in [0.15, 0.2) is 0 Å². The third-order valence-electron chi connectivity index (χ3n) is 3.04. The molecule has 0 aromatic heterocycles. The molecule has 1 unspecified atom stereocenters. The molecule has 15 heavy (non-hydrogen) atoms. The number of aliphatic carboxylic acids is 1. The SMILES string of the molecule is C[C@H]1CCCC1COC(=O)CCC(=O)O. The fourth-order valence-electron chi connectivity index (χ4n) is 1.95. The van der Waals surface area contributed by atoms with E-state index >= 15 is 0 Å². The Hall–Kier alpha value is -1.06. The summed E-state index contributed by atoms with van der Waals surface area (Å²) in [7, 11) is 0. The Bertz CT molecular complexity index is 237. The predicted octanol–water partition coefficient (Wildman–Crippen LogP) is 1.83. The largest absolute Gasteiger partial charge is 0.481 e. The van der Waals surface area contributed by atoms with Crippen LogP contribution >= 0.6 is 0 Å². The second-order valence-electron chi connectivity index (χ2n) is 4.25. The van der Waals surface area contributed by atoms with Gasteiger partial charge < -0.3 is 9.84 Å². The number of carboxylic acid groups (broad SMARTS) is 1. The van der Waals surface area contributed by atoms with Crippen molar-refractivity contribution in [1.82, 2.24) is 0 Å². The van der Waals surface area contributed by atoms with Gasteiger partial charge in [0, 0.05) is 0 Å². The molecular formula is C11H18O4. The lowest BCUT2D eigenvalue weighted by Crippen LogP contribution is -2.16. The van der Waals surface area contributed by atoms with Crippen LogP contribution in [-0.4, -0.2) is 23.7 Å². The molecule has 0 amide bonds. The fourth-order valence-corrected chi connectivity index (χ4v) is 1.95. The zero-order valence-electron chi connectivity index (χ0n) is 9.07. The summed E-state index contributed by atoms with van der Waals surface area (Å²) < 4.78 is 5.04. The molecule has 0 aliphatic heterocycles. The van der Waals surface area contributed by atoms with Crippen LogP contribution in [0, 0.1) is 11.8 Å². The highest BCUT2D eigenvalue weighted by atomic mass is 16.5. The molecule has 2 atom stereocenters. The second kappa shape index (κ2) is 5.73. The Kier molecular flexibility index (Phi) is 4.59. The van der Waals surface area contributed by atoms with Gasteiger partial charge in [-0.25, -0.2) is 0 Å². The van der Waals surface area contributed by atoms with Crippen molar-refractivity contribution in [2.45, 2.75) is 39.0 Å². The normalized spacial score (nSPS) is 25.1. The van der Waals surface area contributed by atoms with E-state index in [-0.39, 0.29) is 12.8 Å². The van der Waals surface area contributed by atoms with Crippen LogP contribution in [0.1, 0.15) is 39.0 Å². The lowest BCUT2D eigenvalue weighted by Gasteiger charge is -2.14. The average Bonchev–Trinajstić information content (AvgIpc) is 2.58. The lowest BCUT2D eigenvalue weighted by molar-refractivity contribution is -0.149. The molecule has 1 fully saturated rings. The smallest absolute Gasteiger partial charge is 0.306 e. The first-order valence-electron chi connectivity index (χ1n) is 5.47. The van der Waals surface area contributed by atoms with Crippen molar-refractivity contribution in [2.75, 3.05) is 6.61 Å². The quantitative estimate of drug-likeness (QED) is 0.709. The number of esters is 1. The molecule has 4 heteroatoms. The summed E-state index contributed by atoms with van der Waals surface area (Å²) in [6.45, 7) is 2.63. The van der Waals surface area contributed by atoms with Crippen molar-refractivity contribution in [3.63, 3.8) is 0 Å². The maximum Gasteiger partial charge on any atom is 0.306 e. The van der Waals surface area contributed by atoms with Crippen molar-refractivity contribution in [3.8, 4) is 0 Å². The summed E-state index contributed by atoms with van der Waals surface area (Å²) in [5.74, 6) is -0.256. The van der Waals surface area contributed by atoms with Gasteiger partial charge in [-0.15, -0.1) is 0 Å². The zero-order chi connectivity index (χ0) is 11.3. The first kappa shape index (κ1) is 12.0. The van der Waals surface area contributed by atoms with Crippen LogP contribution in [0.5, 0.6) is 0 Å². The molecule has 1 N–H and O–H groups in total. The maximum atomic E-state index is 11.1. The predicted molar refractivity (Wildman–Crippen MR) is 54.3 cm³/mol. The van der Waals surface area contributed by atoms with Crippen molar-refractivity contribution < 1.29 is 19.4 Å². The molecule has 0 aromatic carbocycles. The monoisotopic (exact) mass is 214 g/mol. The Morgan fingerprint density at radius 3 is 2.60 bits per heavy atom. The van der Waals surface area contributed by atoms with E-state index in [4.69, 9.17) is 9.84 Å². The molecular weight excluding hydrogens is 196 g/mol. The summed E-state index contributed by atoms with van der Waals surface area (Å²) in [5, 5.41) is 8.38. The van der Waals surface area contributed by atoms with Crippen LogP contribution in [0.3, 0.4) is 0 Å². The van der Waals surface area contributed by atoms with Crippen LogP contribution in [-0.2, 0) is 14.3 Å². The van der Waals surface area contributed by atoms with Crippen molar-refractivity contribution in [1.29, 1.82) is 0 Å². The van der Waals surface area contributed by atoms with Gasteiger partial charge in [0.25, 0.3) is 0 Å². The molecule has 86 valence electrons. The van der Waals surface area contributed by atoms with Crippen LogP contribution in [0.2, 0.25) is 0 Å². The van der Waals surface area contributed by atoms with Crippen LogP contribution < -0.4 is 0 Å². The number of carbonyl (C=O) groups excluding carboxylic acids is 1. The Morgan fingerprint density at radius 2 is 2.07 bits per heavy atom. The molecule has 1 aliphatic rings. The van der Waals surface area contributed by atoms with Gasteiger partial charge in [0.05, 0.1) is 19.4 Å². The second-order valence-corrected chi connectivity index (χ2v) is 4.25. The molecule has 0 radical (unpaired) electrons. The lowest BCUT2D eigenvalue weighted by atomic mass is 9.99. The first-order valence-corrected chi connectivity index (χ1v) is 5.47. The molecule has 0 bridgehead atoms. The average molecular weight is 214 g/mol. The summed E-state index contributed by atoms with van der Waals surface area (Å²) in [6, 6.07) is 0. The molecule has 1 aliphatic carbocycles. The molecule has 0 spiro atoms. The van der Waals surface area contributed by atoms with Gasteiger partial charge in [-0.05, 0) is 18.3 Å². The Morgan fingerprint density at radius 1 is 1.33 bits per heavy atom. The first-order chi connectivity index (χ1) is 7.09.